The number of hydrogen-bond acceptors (Lipinski definition) is 5. The van der Waals surface area contributed by atoms with Crippen LogP contribution in [0.5, 0.6) is 0 Å². The van der Waals surface area contributed by atoms with Crippen LogP contribution in [-0.4, -0.2) is 36.0 Å². The van der Waals surface area contributed by atoms with E-state index in [9.17, 15) is 19.7 Å². The second kappa shape index (κ2) is 9.61. The third kappa shape index (κ3) is 5.73. The second-order valence-corrected chi connectivity index (χ2v) is 6.56. The number of hydrogen-bond donors (Lipinski definition) is 2. The van der Waals surface area contributed by atoms with Crippen LogP contribution in [0.1, 0.15) is 28.8 Å². The lowest BCUT2D eigenvalue weighted by Crippen LogP contribution is -2.32. The van der Waals surface area contributed by atoms with Crippen LogP contribution in [0.3, 0.4) is 0 Å². The highest BCUT2D eigenvalue weighted by atomic mass is 16.6. The molecule has 2 aromatic carbocycles. The van der Waals surface area contributed by atoms with Gasteiger partial charge in [-0.15, -0.1) is 0 Å². The minimum Gasteiger partial charge on any atom is -0.376 e. The quantitative estimate of drug-likeness (QED) is 0.425. The Morgan fingerprint density at radius 1 is 1.17 bits per heavy atom. The van der Waals surface area contributed by atoms with Gasteiger partial charge < -0.3 is 15.4 Å². The maximum atomic E-state index is 12.5. The molecule has 0 radical (unpaired) electrons. The molecule has 1 fully saturated rings. The number of nitro groups is 1. The molecule has 1 unspecified atom stereocenters. The predicted octanol–water partition coefficient (Wildman–Crippen LogP) is 3.16. The Morgan fingerprint density at radius 3 is 2.62 bits per heavy atom. The molecule has 0 bridgehead atoms. The third-order valence-corrected chi connectivity index (χ3v) is 4.47. The van der Waals surface area contributed by atoms with E-state index in [-0.39, 0.29) is 17.7 Å². The molecule has 8 heteroatoms. The molecule has 1 aliphatic rings. The zero-order valence-electron chi connectivity index (χ0n) is 15.7. The first kappa shape index (κ1) is 20.2. The van der Waals surface area contributed by atoms with Crippen molar-refractivity contribution in [3.8, 4) is 0 Å². The van der Waals surface area contributed by atoms with Crippen LogP contribution in [0.15, 0.2) is 54.6 Å². The summed E-state index contributed by atoms with van der Waals surface area (Å²) in [6.07, 6.45) is 4.80. The maximum Gasteiger partial charge on any atom is 0.269 e. The largest absolute Gasteiger partial charge is 0.376 e. The lowest BCUT2D eigenvalue weighted by atomic mass is 10.1. The molecular weight excluding hydrogens is 374 g/mol. The van der Waals surface area contributed by atoms with Crippen molar-refractivity contribution in [3.05, 3.63) is 75.8 Å². The van der Waals surface area contributed by atoms with Crippen molar-refractivity contribution in [1.82, 2.24) is 5.32 Å². The van der Waals surface area contributed by atoms with E-state index in [1.165, 1.54) is 18.2 Å². The van der Waals surface area contributed by atoms with E-state index in [0.29, 0.717) is 30.0 Å². The number of nitro benzene ring substituents is 1. The van der Waals surface area contributed by atoms with E-state index in [0.717, 1.165) is 12.8 Å². The van der Waals surface area contributed by atoms with Crippen LogP contribution in [0.2, 0.25) is 0 Å². The number of nitrogens with zero attached hydrogens (tertiary/aromatic N) is 1. The van der Waals surface area contributed by atoms with Crippen molar-refractivity contribution in [1.29, 1.82) is 0 Å². The van der Waals surface area contributed by atoms with Gasteiger partial charge in [-0.3, -0.25) is 19.7 Å². The molecule has 0 spiro atoms. The molecule has 3 rings (SSSR count). The fourth-order valence-corrected chi connectivity index (χ4v) is 2.95. The minimum absolute atomic E-state index is 0.0189. The fraction of sp³-hybridized carbons (Fsp3) is 0.238. The summed E-state index contributed by atoms with van der Waals surface area (Å²) in [5.74, 6) is -0.696. The van der Waals surface area contributed by atoms with E-state index in [1.807, 2.05) is 0 Å². The van der Waals surface area contributed by atoms with Gasteiger partial charge in [-0.2, -0.15) is 0 Å². The molecule has 8 nitrogen and oxygen atoms in total. The number of anilines is 1. The standard InChI is InChI=1S/C21H21N3O5/c25-20(12-9-15-7-10-16(11-8-15)24(27)28)23-19-6-2-1-5-18(19)21(26)22-14-17-4-3-13-29-17/h1-2,5-12,17H,3-4,13-14H2,(H,22,26)(H,23,25)/b12-9+. The summed E-state index contributed by atoms with van der Waals surface area (Å²) >= 11 is 0. The molecule has 0 aliphatic carbocycles. The molecule has 2 N–H and O–H groups in total. The molecule has 2 amide bonds. The van der Waals surface area contributed by atoms with E-state index in [4.69, 9.17) is 4.74 Å². The van der Waals surface area contributed by atoms with Gasteiger partial charge in [0.15, 0.2) is 0 Å². The van der Waals surface area contributed by atoms with Gasteiger partial charge >= 0.3 is 0 Å². The van der Waals surface area contributed by atoms with Gasteiger partial charge in [0, 0.05) is 31.4 Å². The van der Waals surface area contributed by atoms with Gasteiger partial charge in [0.05, 0.1) is 22.3 Å². The maximum absolute atomic E-state index is 12.5. The number of ether oxygens (including phenoxy) is 1. The highest BCUT2D eigenvalue weighted by Gasteiger charge is 2.18. The molecule has 150 valence electrons. The molecular formula is C21H21N3O5. The summed E-state index contributed by atoms with van der Waals surface area (Å²) in [7, 11) is 0. The Morgan fingerprint density at radius 2 is 1.93 bits per heavy atom. The summed E-state index contributed by atoms with van der Waals surface area (Å²) in [5.41, 5.74) is 1.39. The summed E-state index contributed by atoms with van der Waals surface area (Å²) in [5, 5.41) is 16.2. The number of non-ortho nitro benzene ring substituents is 1. The van der Waals surface area contributed by atoms with E-state index >= 15 is 0 Å². The third-order valence-electron chi connectivity index (χ3n) is 4.47. The second-order valence-electron chi connectivity index (χ2n) is 6.56. The van der Waals surface area contributed by atoms with Crippen LogP contribution >= 0.6 is 0 Å². The Bertz CT molecular complexity index is 918. The smallest absolute Gasteiger partial charge is 0.269 e. The van der Waals surface area contributed by atoms with Gasteiger partial charge in [-0.25, -0.2) is 0 Å². The van der Waals surface area contributed by atoms with E-state index < -0.39 is 10.8 Å². The number of para-hydroxylation sites is 1. The summed E-state index contributed by atoms with van der Waals surface area (Å²) in [4.78, 5) is 34.9. The van der Waals surface area contributed by atoms with E-state index in [2.05, 4.69) is 10.6 Å². The van der Waals surface area contributed by atoms with Gasteiger partial charge in [0.2, 0.25) is 5.91 Å². The SMILES string of the molecule is O=C(/C=C/c1ccc([N+](=O)[O-])cc1)Nc1ccccc1C(=O)NCC1CCCO1. The lowest BCUT2D eigenvalue weighted by Gasteiger charge is -2.13. The number of rotatable bonds is 7. The molecule has 29 heavy (non-hydrogen) atoms. The summed E-state index contributed by atoms with van der Waals surface area (Å²) in [6, 6.07) is 12.6. The van der Waals surface area contributed by atoms with Crippen LogP contribution in [0.25, 0.3) is 6.08 Å². The van der Waals surface area contributed by atoms with Crippen LogP contribution in [0, 0.1) is 10.1 Å². The molecule has 0 aromatic heterocycles. The Labute approximate surface area is 167 Å². The van der Waals surface area contributed by atoms with Crippen molar-refractivity contribution in [3.63, 3.8) is 0 Å². The number of carbonyl (C=O) groups excluding carboxylic acids is 2. The van der Waals surface area contributed by atoms with Crippen LogP contribution in [0.4, 0.5) is 11.4 Å². The van der Waals surface area contributed by atoms with Gasteiger partial charge in [0.25, 0.3) is 11.6 Å². The average molecular weight is 395 g/mol. The van der Waals surface area contributed by atoms with Gasteiger partial charge in [0.1, 0.15) is 0 Å². The highest BCUT2D eigenvalue weighted by molar-refractivity contribution is 6.07. The van der Waals surface area contributed by atoms with Crippen LogP contribution in [-0.2, 0) is 9.53 Å². The number of amides is 2. The van der Waals surface area contributed by atoms with Crippen molar-refractivity contribution in [2.75, 3.05) is 18.5 Å². The Kier molecular flexibility index (Phi) is 6.70. The van der Waals surface area contributed by atoms with Crippen molar-refractivity contribution >= 4 is 29.3 Å². The van der Waals surface area contributed by atoms with Crippen molar-refractivity contribution < 1.29 is 19.2 Å². The molecule has 1 atom stereocenters. The topological polar surface area (TPSA) is 111 Å². The Hall–Kier alpha value is -3.52. The molecule has 2 aromatic rings. The molecule has 1 saturated heterocycles. The monoisotopic (exact) mass is 395 g/mol. The first-order valence-corrected chi connectivity index (χ1v) is 9.25. The predicted molar refractivity (Wildman–Crippen MR) is 109 cm³/mol. The average Bonchev–Trinajstić information content (AvgIpc) is 3.25. The summed E-state index contributed by atoms with van der Waals surface area (Å²) in [6.45, 7) is 1.15. The molecule has 1 heterocycles. The zero-order valence-corrected chi connectivity index (χ0v) is 15.7. The first-order valence-electron chi connectivity index (χ1n) is 9.25. The number of nitrogens with one attached hydrogen (secondary N) is 2. The van der Waals surface area contributed by atoms with Crippen LogP contribution < -0.4 is 10.6 Å². The van der Waals surface area contributed by atoms with Gasteiger partial charge in [-0.05, 0) is 48.7 Å². The molecule has 1 aliphatic heterocycles. The van der Waals surface area contributed by atoms with Gasteiger partial charge in [-0.1, -0.05) is 12.1 Å². The fourth-order valence-electron chi connectivity index (χ4n) is 2.95. The number of benzene rings is 2. The van der Waals surface area contributed by atoms with Crippen molar-refractivity contribution in [2.24, 2.45) is 0 Å². The van der Waals surface area contributed by atoms with Crippen molar-refractivity contribution in [2.45, 2.75) is 18.9 Å². The lowest BCUT2D eigenvalue weighted by molar-refractivity contribution is -0.384. The minimum atomic E-state index is -0.485. The zero-order chi connectivity index (χ0) is 20.6. The Balaban J connectivity index is 1.61. The summed E-state index contributed by atoms with van der Waals surface area (Å²) < 4.78 is 5.50. The molecule has 0 saturated carbocycles. The number of carbonyl (C=O) groups is 2. The highest BCUT2D eigenvalue weighted by Crippen LogP contribution is 2.17. The van der Waals surface area contributed by atoms with E-state index in [1.54, 1.807) is 42.5 Å². The normalized spacial score (nSPS) is 15.9. The first-order chi connectivity index (χ1) is 14.0.